The van der Waals surface area contributed by atoms with Gasteiger partial charge >= 0.3 is 5.97 Å². The number of ketones is 1. The maximum absolute atomic E-state index is 13.0. The number of ether oxygens (including phenoxy) is 1. The number of rotatable bonds is 7. The van der Waals surface area contributed by atoms with Crippen molar-refractivity contribution in [3.63, 3.8) is 0 Å². The van der Waals surface area contributed by atoms with Crippen LogP contribution in [0, 0.1) is 35.5 Å². The first kappa shape index (κ1) is 21.0. The van der Waals surface area contributed by atoms with Gasteiger partial charge in [-0.3, -0.25) is 24.1 Å². The second kappa shape index (κ2) is 8.05. The van der Waals surface area contributed by atoms with Crippen molar-refractivity contribution < 1.29 is 23.9 Å². The molecule has 34 heavy (non-hydrogen) atoms. The number of likely N-dealkylation sites (tertiary alicyclic amines) is 1. The van der Waals surface area contributed by atoms with Gasteiger partial charge in [-0.05, 0) is 41.2 Å². The quantitative estimate of drug-likeness (QED) is 0.276. The highest BCUT2D eigenvalue weighted by Crippen LogP contribution is 2.65. The van der Waals surface area contributed by atoms with Gasteiger partial charge in [0.1, 0.15) is 0 Å². The number of imide groups is 1. The number of Topliss-reactive ketones (excluding diaryl/α,β-unsaturated/α-hetero) is 1. The van der Waals surface area contributed by atoms with E-state index in [9.17, 15) is 19.2 Å². The third kappa shape index (κ3) is 3.40. The molecule has 6 nitrogen and oxygen atoms in total. The Labute approximate surface area is 197 Å². The van der Waals surface area contributed by atoms with E-state index in [1.165, 1.54) is 4.90 Å². The van der Waals surface area contributed by atoms with E-state index in [1.54, 1.807) is 12.1 Å². The molecule has 0 spiro atoms. The summed E-state index contributed by atoms with van der Waals surface area (Å²) in [6, 6.07) is 17.0. The first-order valence-corrected chi connectivity index (χ1v) is 11.9. The lowest BCUT2D eigenvalue weighted by Gasteiger charge is -2.37. The van der Waals surface area contributed by atoms with Crippen molar-refractivity contribution in [1.82, 2.24) is 4.90 Å². The molecular formula is C28H25NO5. The van der Waals surface area contributed by atoms with Gasteiger partial charge in [0.15, 0.2) is 12.4 Å². The molecule has 1 heterocycles. The summed E-state index contributed by atoms with van der Waals surface area (Å²) in [6.07, 6.45) is 5.26. The van der Waals surface area contributed by atoms with Crippen LogP contribution in [0.3, 0.4) is 0 Å². The Morgan fingerprint density at radius 2 is 1.41 bits per heavy atom. The monoisotopic (exact) mass is 455 g/mol. The minimum Gasteiger partial charge on any atom is -0.457 e. The van der Waals surface area contributed by atoms with E-state index in [4.69, 9.17) is 4.74 Å². The topological polar surface area (TPSA) is 80.8 Å². The van der Waals surface area contributed by atoms with Crippen LogP contribution in [0.15, 0.2) is 66.7 Å². The second-order valence-electron chi connectivity index (χ2n) is 9.76. The number of amides is 2. The van der Waals surface area contributed by atoms with E-state index in [0.717, 1.165) is 17.5 Å². The fourth-order valence-corrected chi connectivity index (χ4v) is 6.22. The number of esters is 1. The highest BCUT2D eigenvalue weighted by atomic mass is 16.5. The highest BCUT2D eigenvalue weighted by Gasteiger charge is 2.66. The Morgan fingerprint density at radius 1 is 0.824 bits per heavy atom. The average molecular weight is 456 g/mol. The number of hydrogen-bond donors (Lipinski definition) is 0. The normalized spacial score (nSPS) is 30.2. The number of carbonyl (C=O) groups excluding carboxylic acids is 4. The lowest BCUT2D eigenvalue weighted by molar-refractivity contribution is -0.145. The molecule has 0 N–H and O–H groups in total. The molecule has 1 aliphatic heterocycles. The van der Waals surface area contributed by atoms with Gasteiger partial charge in [-0.15, -0.1) is 0 Å². The Bertz CT molecular complexity index is 1170. The molecule has 2 amide bonds. The Hall–Kier alpha value is -3.54. The average Bonchev–Trinajstić information content (AvgIpc) is 3.66. The van der Waals surface area contributed by atoms with Crippen molar-refractivity contribution >= 4 is 23.6 Å². The first-order valence-electron chi connectivity index (χ1n) is 11.9. The fourth-order valence-electron chi connectivity index (χ4n) is 6.22. The molecule has 1 saturated heterocycles. The summed E-state index contributed by atoms with van der Waals surface area (Å²) in [6.45, 7) is -0.355. The molecule has 7 rings (SSSR count). The zero-order chi connectivity index (χ0) is 23.4. The number of allylic oxidation sites excluding steroid dienone is 2. The minimum absolute atomic E-state index is 0.0121. The standard InChI is InChI=1S/C28H25NO5/c30-23(18-8-6-17(7-9-18)16-4-2-1-3-5-16)15-34-24(31)12-13-29-27(32)25-19-10-11-20(22-14-21(19)22)26(25)28(29)33/h1-11,19-22,25-26H,12-15H2/t19-,20-,21-,22-,25-,26+/m0/s1. The molecule has 2 aromatic rings. The molecule has 172 valence electrons. The molecule has 3 fully saturated rings. The number of benzene rings is 2. The molecule has 0 aromatic heterocycles. The minimum atomic E-state index is -0.589. The van der Waals surface area contributed by atoms with Crippen LogP contribution in [0.2, 0.25) is 0 Å². The molecule has 2 bridgehead atoms. The summed E-state index contributed by atoms with van der Waals surface area (Å²) < 4.78 is 5.15. The Kier molecular flexibility index (Phi) is 4.97. The molecular weight excluding hydrogens is 430 g/mol. The lowest BCUT2D eigenvalue weighted by Crippen LogP contribution is -2.40. The van der Waals surface area contributed by atoms with Gasteiger partial charge in [-0.1, -0.05) is 66.7 Å². The molecule has 2 aromatic carbocycles. The third-order valence-electron chi connectivity index (χ3n) is 7.97. The van der Waals surface area contributed by atoms with Crippen molar-refractivity contribution in [2.45, 2.75) is 12.8 Å². The summed E-state index contributed by atoms with van der Waals surface area (Å²) in [5, 5.41) is 0. The fraction of sp³-hybridized carbons (Fsp3) is 0.357. The second-order valence-corrected chi connectivity index (χ2v) is 9.76. The van der Waals surface area contributed by atoms with E-state index in [1.807, 2.05) is 42.5 Å². The molecule has 4 aliphatic carbocycles. The van der Waals surface area contributed by atoms with Crippen LogP contribution in [0.25, 0.3) is 11.1 Å². The number of hydrogen-bond acceptors (Lipinski definition) is 5. The predicted molar refractivity (Wildman–Crippen MR) is 123 cm³/mol. The Balaban J connectivity index is 1.01. The van der Waals surface area contributed by atoms with Crippen molar-refractivity contribution in [3.8, 4) is 11.1 Å². The SMILES string of the molecule is O=C(CCN1C(=O)[C@@H]2[C@H]3C=C[C@@H]([C@@H]4C[C@@H]34)[C@@H]2C1=O)OCC(=O)c1ccc(-c2ccccc2)cc1. The lowest BCUT2D eigenvalue weighted by atomic mass is 9.63. The van der Waals surface area contributed by atoms with Gasteiger partial charge in [-0.25, -0.2) is 0 Å². The van der Waals surface area contributed by atoms with Gasteiger partial charge in [0.2, 0.25) is 11.8 Å². The zero-order valence-corrected chi connectivity index (χ0v) is 18.6. The van der Waals surface area contributed by atoms with Crippen LogP contribution in [-0.4, -0.2) is 41.6 Å². The first-order chi connectivity index (χ1) is 16.5. The van der Waals surface area contributed by atoms with Crippen LogP contribution in [0.5, 0.6) is 0 Å². The maximum atomic E-state index is 13.0. The van der Waals surface area contributed by atoms with Crippen molar-refractivity contribution in [2.75, 3.05) is 13.2 Å². The summed E-state index contributed by atoms with van der Waals surface area (Å²) in [5.74, 6) is -0.285. The van der Waals surface area contributed by atoms with E-state index in [0.29, 0.717) is 17.4 Å². The summed E-state index contributed by atoms with van der Waals surface area (Å²) in [5.41, 5.74) is 2.51. The maximum Gasteiger partial charge on any atom is 0.308 e. The van der Waals surface area contributed by atoms with Gasteiger partial charge < -0.3 is 4.74 Å². The van der Waals surface area contributed by atoms with E-state index in [2.05, 4.69) is 12.2 Å². The molecule has 5 aliphatic rings. The smallest absolute Gasteiger partial charge is 0.308 e. The molecule has 0 unspecified atom stereocenters. The largest absolute Gasteiger partial charge is 0.457 e. The zero-order valence-electron chi connectivity index (χ0n) is 18.6. The van der Waals surface area contributed by atoms with Crippen LogP contribution in [0.1, 0.15) is 23.2 Å². The van der Waals surface area contributed by atoms with Gasteiger partial charge in [0, 0.05) is 12.1 Å². The highest BCUT2D eigenvalue weighted by molar-refractivity contribution is 6.06. The summed E-state index contributed by atoms with van der Waals surface area (Å²) in [4.78, 5) is 51.9. The van der Waals surface area contributed by atoms with Crippen molar-refractivity contribution in [1.29, 1.82) is 0 Å². The third-order valence-corrected chi connectivity index (χ3v) is 7.97. The molecule has 0 radical (unpaired) electrons. The summed E-state index contributed by atoms with van der Waals surface area (Å²) in [7, 11) is 0. The molecule has 6 atom stereocenters. The van der Waals surface area contributed by atoms with Crippen LogP contribution >= 0.6 is 0 Å². The number of carbonyl (C=O) groups is 4. The van der Waals surface area contributed by atoms with E-state index in [-0.39, 0.29) is 60.8 Å². The van der Waals surface area contributed by atoms with Crippen LogP contribution in [-0.2, 0) is 19.1 Å². The molecule has 2 saturated carbocycles. The van der Waals surface area contributed by atoms with Gasteiger partial charge in [-0.2, -0.15) is 0 Å². The van der Waals surface area contributed by atoms with Gasteiger partial charge in [0.25, 0.3) is 0 Å². The molecule has 6 heteroatoms. The van der Waals surface area contributed by atoms with Crippen LogP contribution < -0.4 is 0 Å². The van der Waals surface area contributed by atoms with Crippen LogP contribution in [0.4, 0.5) is 0 Å². The van der Waals surface area contributed by atoms with Crippen molar-refractivity contribution in [3.05, 3.63) is 72.3 Å². The summed E-state index contributed by atoms with van der Waals surface area (Å²) >= 11 is 0. The van der Waals surface area contributed by atoms with E-state index < -0.39 is 5.97 Å². The number of nitrogens with zero attached hydrogens (tertiary/aromatic N) is 1. The van der Waals surface area contributed by atoms with Gasteiger partial charge in [0.05, 0.1) is 18.3 Å². The Morgan fingerprint density at radius 3 is 2.03 bits per heavy atom. The van der Waals surface area contributed by atoms with E-state index >= 15 is 0 Å². The van der Waals surface area contributed by atoms with Crippen molar-refractivity contribution in [2.24, 2.45) is 35.5 Å². The predicted octanol–water partition coefficient (Wildman–Crippen LogP) is 3.52.